The van der Waals surface area contributed by atoms with Crippen LogP contribution in [0.15, 0.2) is 21.1 Å². The van der Waals surface area contributed by atoms with Crippen molar-refractivity contribution in [1.29, 1.82) is 0 Å². The maximum absolute atomic E-state index is 11.6. The van der Waals surface area contributed by atoms with Crippen LogP contribution in [0.4, 0.5) is 11.4 Å². The summed E-state index contributed by atoms with van der Waals surface area (Å²) in [7, 11) is 0. The number of nitrogens with two attached hydrogens (primary N) is 1. The molecule has 0 aliphatic rings. The van der Waals surface area contributed by atoms with Gasteiger partial charge >= 0.3 is 0 Å². The Balaban J connectivity index is 2.72. The number of anilines is 2. The maximum atomic E-state index is 11.6. The van der Waals surface area contributed by atoms with Crippen LogP contribution >= 0.6 is 31.9 Å². The molecule has 1 amide bonds. The van der Waals surface area contributed by atoms with Crippen molar-refractivity contribution < 1.29 is 9.53 Å². The summed E-state index contributed by atoms with van der Waals surface area (Å²) in [5.74, 6) is -0.204. The lowest BCUT2D eigenvalue weighted by Gasteiger charge is -2.12. The minimum atomic E-state index is -0.204. The molecule has 0 aliphatic heterocycles. The van der Waals surface area contributed by atoms with Crippen LogP contribution in [0.25, 0.3) is 0 Å². The highest BCUT2D eigenvalue weighted by Gasteiger charge is 2.10. The normalized spacial score (nSPS) is 10.6. The SMILES string of the molecule is CC(C)OCC(=O)Nc1c(Br)cc(N)cc1Br. The maximum Gasteiger partial charge on any atom is 0.250 e. The number of nitrogens with one attached hydrogen (secondary N) is 1. The number of hydrogen-bond acceptors (Lipinski definition) is 3. The summed E-state index contributed by atoms with van der Waals surface area (Å²) in [4.78, 5) is 11.6. The first-order chi connectivity index (χ1) is 7.90. The molecule has 1 aromatic carbocycles. The summed E-state index contributed by atoms with van der Waals surface area (Å²) in [6, 6.07) is 3.45. The van der Waals surface area contributed by atoms with E-state index in [9.17, 15) is 4.79 Å². The van der Waals surface area contributed by atoms with Gasteiger partial charge in [-0.25, -0.2) is 0 Å². The second-order valence-corrected chi connectivity index (χ2v) is 5.48. The van der Waals surface area contributed by atoms with Gasteiger partial charge in [-0.2, -0.15) is 0 Å². The van der Waals surface area contributed by atoms with Gasteiger partial charge in [0.2, 0.25) is 5.91 Å². The molecule has 4 nitrogen and oxygen atoms in total. The molecule has 0 saturated heterocycles. The highest BCUT2D eigenvalue weighted by molar-refractivity contribution is 9.11. The Labute approximate surface area is 117 Å². The summed E-state index contributed by atoms with van der Waals surface area (Å²) in [6.07, 6.45) is 0.0269. The predicted octanol–water partition coefficient (Wildman–Crippen LogP) is 3.16. The Kier molecular flexibility index (Phi) is 5.42. The molecule has 1 rings (SSSR count). The first-order valence-electron chi connectivity index (χ1n) is 5.06. The zero-order valence-electron chi connectivity index (χ0n) is 9.59. The van der Waals surface area contributed by atoms with Crippen LogP contribution in [-0.2, 0) is 9.53 Å². The van der Waals surface area contributed by atoms with Crippen LogP contribution in [0.1, 0.15) is 13.8 Å². The van der Waals surface area contributed by atoms with Gasteiger partial charge in [0.15, 0.2) is 0 Å². The Bertz CT molecular complexity index is 399. The number of carbonyl (C=O) groups excluding carboxylic acids is 1. The third kappa shape index (κ3) is 4.65. The molecule has 0 aliphatic carbocycles. The van der Waals surface area contributed by atoms with Gasteiger partial charge in [0.25, 0.3) is 0 Å². The second kappa shape index (κ2) is 6.37. The first-order valence-corrected chi connectivity index (χ1v) is 6.64. The van der Waals surface area contributed by atoms with E-state index in [0.717, 1.165) is 8.95 Å². The molecule has 0 bridgehead atoms. The number of amides is 1. The van der Waals surface area contributed by atoms with Gasteiger partial charge in [-0.3, -0.25) is 4.79 Å². The molecule has 0 aromatic heterocycles. The fourth-order valence-electron chi connectivity index (χ4n) is 1.13. The van der Waals surface area contributed by atoms with Crippen molar-refractivity contribution in [3.63, 3.8) is 0 Å². The molecule has 6 heteroatoms. The van der Waals surface area contributed by atoms with E-state index in [-0.39, 0.29) is 18.6 Å². The topological polar surface area (TPSA) is 64.3 Å². The lowest BCUT2D eigenvalue weighted by Crippen LogP contribution is -2.21. The zero-order valence-corrected chi connectivity index (χ0v) is 12.8. The standard InChI is InChI=1S/C11H14Br2N2O2/c1-6(2)17-5-10(16)15-11-8(12)3-7(14)4-9(11)13/h3-4,6H,5,14H2,1-2H3,(H,15,16). The van der Waals surface area contributed by atoms with E-state index in [4.69, 9.17) is 10.5 Å². The van der Waals surface area contributed by atoms with Crippen LogP contribution in [0.2, 0.25) is 0 Å². The van der Waals surface area contributed by atoms with Gasteiger partial charge in [-0.15, -0.1) is 0 Å². The van der Waals surface area contributed by atoms with Crippen LogP contribution in [0.3, 0.4) is 0 Å². The molecular weight excluding hydrogens is 352 g/mol. The molecule has 0 radical (unpaired) electrons. The average molecular weight is 366 g/mol. The number of carbonyl (C=O) groups is 1. The van der Waals surface area contributed by atoms with Crippen LogP contribution < -0.4 is 11.1 Å². The second-order valence-electron chi connectivity index (χ2n) is 3.77. The summed E-state index contributed by atoms with van der Waals surface area (Å²) >= 11 is 6.68. The van der Waals surface area contributed by atoms with Gasteiger partial charge in [-0.1, -0.05) is 0 Å². The van der Waals surface area contributed by atoms with Crippen LogP contribution in [0, 0.1) is 0 Å². The van der Waals surface area contributed by atoms with Gasteiger partial charge in [0.05, 0.1) is 11.8 Å². The number of rotatable bonds is 4. The third-order valence-electron chi connectivity index (χ3n) is 1.88. The first kappa shape index (κ1) is 14.5. The smallest absolute Gasteiger partial charge is 0.250 e. The van der Waals surface area contributed by atoms with Crippen molar-refractivity contribution in [2.45, 2.75) is 20.0 Å². The van der Waals surface area contributed by atoms with Crippen molar-refractivity contribution in [2.75, 3.05) is 17.7 Å². The summed E-state index contributed by atoms with van der Waals surface area (Å²) in [5.41, 5.74) is 6.92. The highest BCUT2D eigenvalue weighted by Crippen LogP contribution is 2.33. The summed E-state index contributed by atoms with van der Waals surface area (Å²) < 4.78 is 6.66. The molecule has 94 valence electrons. The monoisotopic (exact) mass is 364 g/mol. The molecule has 0 spiro atoms. The molecule has 3 N–H and O–H groups in total. The van der Waals surface area contributed by atoms with Crippen LogP contribution in [-0.4, -0.2) is 18.6 Å². The average Bonchev–Trinajstić information content (AvgIpc) is 2.20. The number of halogens is 2. The Morgan fingerprint density at radius 3 is 2.41 bits per heavy atom. The van der Waals surface area contributed by atoms with E-state index in [1.807, 2.05) is 13.8 Å². The lowest BCUT2D eigenvalue weighted by molar-refractivity contribution is -0.121. The summed E-state index contributed by atoms with van der Waals surface area (Å²) in [5, 5.41) is 2.75. The number of ether oxygens (including phenoxy) is 1. The van der Waals surface area contributed by atoms with Crippen molar-refractivity contribution in [3.8, 4) is 0 Å². The zero-order chi connectivity index (χ0) is 13.0. The molecule has 17 heavy (non-hydrogen) atoms. The fourth-order valence-corrected chi connectivity index (χ4v) is 2.55. The van der Waals surface area contributed by atoms with Crippen molar-refractivity contribution in [3.05, 3.63) is 21.1 Å². The molecule has 0 heterocycles. The van der Waals surface area contributed by atoms with E-state index >= 15 is 0 Å². The Morgan fingerprint density at radius 1 is 1.41 bits per heavy atom. The fraction of sp³-hybridized carbons (Fsp3) is 0.364. The van der Waals surface area contributed by atoms with Crippen LogP contribution in [0.5, 0.6) is 0 Å². The molecule has 0 atom stereocenters. The van der Waals surface area contributed by atoms with Gasteiger partial charge < -0.3 is 15.8 Å². The van der Waals surface area contributed by atoms with Gasteiger partial charge in [0.1, 0.15) is 6.61 Å². The minimum Gasteiger partial charge on any atom is -0.399 e. The largest absolute Gasteiger partial charge is 0.399 e. The highest BCUT2D eigenvalue weighted by atomic mass is 79.9. The number of hydrogen-bond donors (Lipinski definition) is 2. The molecule has 0 unspecified atom stereocenters. The quantitative estimate of drug-likeness (QED) is 0.805. The number of nitrogen functional groups attached to an aromatic ring is 1. The van der Waals surface area contributed by atoms with Gasteiger partial charge in [0, 0.05) is 14.6 Å². The number of benzene rings is 1. The molecule has 0 fully saturated rings. The van der Waals surface area contributed by atoms with E-state index in [1.165, 1.54) is 0 Å². The van der Waals surface area contributed by atoms with E-state index in [1.54, 1.807) is 12.1 Å². The van der Waals surface area contributed by atoms with Crippen molar-refractivity contribution >= 4 is 49.1 Å². The predicted molar refractivity (Wildman–Crippen MR) is 76.0 cm³/mol. The van der Waals surface area contributed by atoms with Crippen molar-refractivity contribution in [2.24, 2.45) is 0 Å². The molecule has 1 aromatic rings. The lowest BCUT2D eigenvalue weighted by atomic mass is 10.3. The van der Waals surface area contributed by atoms with E-state index in [2.05, 4.69) is 37.2 Å². The Morgan fingerprint density at radius 2 is 1.94 bits per heavy atom. The van der Waals surface area contributed by atoms with E-state index < -0.39 is 0 Å². The molecule has 0 saturated carbocycles. The molecular formula is C11H14Br2N2O2. The Hall–Kier alpha value is -0.590. The minimum absolute atomic E-state index is 0.0269. The van der Waals surface area contributed by atoms with Gasteiger partial charge in [-0.05, 0) is 57.8 Å². The summed E-state index contributed by atoms with van der Waals surface area (Å²) in [6.45, 7) is 3.78. The van der Waals surface area contributed by atoms with Crippen molar-refractivity contribution in [1.82, 2.24) is 0 Å². The third-order valence-corrected chi connectivity index (χ3v) is 3.13. The van der Waals surface area contributed by atoms with E-state index in [0.29, 0.717) is 11.4 Å².